The van der Waals surface area contributed by atoms with Crippen LogP contribution in [0, 0.1) is 6.92 Å². The van der Waals surface area contributed by atoms with Crippen LogP contribution in [-0.4, -0.2) is 32.6 Å². The molecule has 0 unspecified atom stereocenters. The first-order valence-corrected chi connectivity index (χ1v) is 11.9. The van der Waals surface area contributed by atoms with E-state index in [1.807, 2.05) is 67.1 Å². The van der Waals surface area contributed by atoms with Crippen molar-refractivity contribution in [2.24, 2.45) is 0 Å². The molecule has 4 rings (SSSR count). The Kier molecular flexibility index (Phi) is 8.15. The van der Waals surface area contributed by atoms with Crippen molar-refractivity contribution in [1.82, 2.24) is 0 Å². The number of hydrogen-bond acceptors (Lipinski definition) is 6. The number of hydrogen-bond donors (Lipinski definition) is 0. The van der Waals surface area contributed by atoms with Gasteiger partial charge in [0.15, 0.2) is 18.9 Å². The minimum Gasteiger partial charge on any atom is -0.487 e. The first-order chi connectivity index (χ1) is 17.9. The molecule has 0 aliphatic rings. The Labute approximate surface area is 216 Å². The number of aryl methyl sites for hydroxylation is 1. The molecule has 0 saturated heterocycles. The van der Waals surface area contributed by atoms with E-state index in [9.17, 15) is 9.59 Å². The van der Waals surface area contributed by atoms with Crippen molar-refractivity contribution in [2.45, 2.75) is 13.5 Å². The number of benzene rings is 3. The van der Waals surface area contributed by atoms with Gasteiger partial charge in [-0.25, -0.2) is 14.2 Å². The van der Waals surface area contributed by atoms with Gasteiger partial charge in [0.05, 0.1) is 11.1 Å². The molecule has 1 aromatic heterocycles. The number of anilines is 1. The zero-order valence-electron chi connectivity index (χ0n) is 21.1. The lowest BCUT2D eigenvalue weighted by molar-refractivity contribution is -0.697. The maximum atomic E-state index is 12.5. The van der Waals surface area contributed by atoms with Crippen molar-refractivity contribution >= 4 is 17.6 Å². The Morgan fingerprint density at radius 1 is 0.676 bits per heavy atom. The van der Waals surface area contributed by atoms with Crippen LogP contribution in [0.1, 0.15) is 26.3 Å². The first kappa shape index (κ1) is 25.4. The Bertz CT molecular complexity index is 1330. The second kappa shape index (κ2) is 11.9. The van der Waals surface area contributed by atoms with Gasteiger partial charge in [-0.05, 0) is 67.6 Å². The molecule has 7 heteroatoms. The Morgan fingerprint density at radius 2 is 1.14 bits per heavy atom. The molecule has 0 saturated carbocycles. The van der Waals surface area contributed by atoms with Crippen molar-refractivity contribution in [2.75, 3.05) is 25.6 Å². The predicted molar refractivity (Wildman–Crippen MR) is 140 cm³/mol. The normalized spacial score (nSPS) is 10.5. The number of esters is 2. The van der Waals surface area contributed by atoms with E-state index in [2.05, 4.69) is 0 Å². The minimum atomic E-state index is -0.493. The van der Waals surface area contributed by atoms with Gasteiger partial charge in [-0.15, -0.1) is 0 Å². The maximum absolute atomic E-state index is 12.5. The van der Waals surface area contributed by atoms with Crippen LogP contribution in [0.2, 0.25) is 0 Å². The lowest BCUT2D eigenvalue weighted by atomic mass is 10.1. The van der Waals surface area contributed by atoms with Crippen LogP contribution in [0.15, 0.2) is 97.3 Å². The molecule has 188 valence electrons. The standard InChI is InChI=1S/C30H29N2O5/c1-22-4-6-23(7-5-22)29(33)36-27-12-14-28(15-13-27)37-30(34)24-8-10-26(11-9-24)35-21-20-32-18-16-25(17-19-32)31(2)3/h4-19H,20-21H2,1-3H3/q+1. The Balaban J connectivity index is 1.25. The first-order valence-electron chi connectivity index (χ1n) is 11.9. The van der Waals surface area contributed by atoms with E-state index >= 15 is 0 Å². The molecule has 0 aliphatic heterocycles. The number of rotatable bonds is 9. The van der Waals surface area contributed by atoms with Gasteiger partial charge in [-0.1, -0.05) is 17.7 Å². The highest BCUT2D eigenvalue weighted by atomic mass is 16.5. The third-order valence-corrected chi connectivity index (χ3v) is 5.63. The number of carbonyl (C=O) groups excluding carboxylic acids is 2. The number of pyridine rings is 1. The summed E-state index contributed by atoms with van der Waals surface area (Å²) in [6, 6.07) is 24.3. The van der Waals surface area contributed by atoms with E-state index in [-0.39, 0.29) is 0 Å². The number of aromatic nitrogens is 1. The molecule has 3 aromatic carbocycles. The summed E-state index contributed by atoms with van der Waals surface area (Å²) in [5.41, 5.74) is 3.06. The van der Waals surface area contributed by atoms with Crippen LogP contribution in [0.25, 0.3) is 0 Å². The van der Waals surface area contributed by atoms with Crippen LogP contribution < -0.4 is 23.7 Å². The fraction of sp³-hybridized carbons (Fsp3) is 0.167. The van der Waals surface area contributed by atoms with Crippen LogP contribution in [0.5, 0.6) is 17.2 Å². The van der Waals surface area contributed by atoms with Gasteiger partial charge in [-0.2, -0.15) is 0 Å². The van der Waals surface area contributed by atoms with E-state index in [0.29, 0.717) is 41.5 Å². The molecule has 7 nitrogen and oxygen atoms in total. The van der Waals surface area contributed by atoms with Crippen molar-refractivity contribution in [3.63, 3.8) is 0 Å². The van der Waals surface area contributed by atoms with Crippen molar-refractivity contribution in [3.05, 3.63) is 114 Å². The van der Waals surface area contributed by atoms with Gasteiger partial charge < -0.3 is 19.1 Å². The molecular weight excluding hydrogens is 468 g/mol. The minimum absolute atomic E-state index is 0.345. The second-order valence-corrected chi connectivity index (χ2v) is 8.68. The summed E-state index contributed by atoms with van der Waals surface area (Å²) in [6.45, 7) is 3.15. The number of carbonyl (C=O) groups is 2. The average molecular weight is 498 g/mol. The topological polar surface area (TPSA) is 68.9 Å². The van der Waals surface area contributed by atoms with Crippen molar-refractivity contribution in [3.8, 4) is 17.2 Å². The summed E-state index contributed by atoms with van der Waals surface area (Å²) in [6.07, 6.45) is 4.02. The molecule has 1 heterocycles. The van der Waals surface area contributed by atoms with Gasteiger partial charge in [-0.3, -0.25) is 0 Å². The third kappa shape index (κ3) is 7.18. The van der Waals surface area contributed by atoms with E-state index < -0.39 is 11.9 Å². The molecule has 0 atom stereocenters. The molecule has 0 bridgehead atoms. The molecule has 0 N–H and O–H groups in total. The highest BCUT2D eigenvalue weighted by molar-refractivity contribution is 5.92. The largest absolute Gasteiger partial charge is 0.487 e. The molecular formula is C30H29N2O5+. The Morgan fingerprint density at radius 3 is 1.62 bits per heavy atom. The molecule has 0 fully saturated rings. The Hall–Kier alpha value is -4.65. The van der Waals surface area contributed by atoms with Crippen LogP contribution in [-0.2, 0) is 6.54 Å². The maximum Gasteiger partial charge on any atom is 0.343 e. The molecule has 0 aliphatic carbocycles. The zero-order valence-corrected chi connectivity index (χ0v) is 21.1. The molecule has 0 spiro atoms. The third-order valence-electron chi connectivity index (χ3n) is 5.63. The summed E-state index contributed by atoms with van der Waals surface area (Å²) >= 11 is 0. The van der Waals surface area contributed by atoms with Crippen LogP contribution >= 0.6 is 0 Å². The fourth-order valence-corrected chi connectivity index (χ4v) is 3.45. The molecule has 0 amide bonds. The summed E-state index contributed by atoms with van der Waals surface area (Å²) < 4.78 is 18.7. The monoisotopic (exact) mass is 497 g/mol. The summed E-state index contributed by atoms with van der Waals surface area (Å²) in [4.78, 5) is 26.8. The summed E-state index contributed by atoms with van der Waals surface area (Å²) in [5, 5.41) is 0. The van der Waals surface area contributed by atoms with Gasteiger partial charge in [0.25, 0.3) is 0 Å². The van der Waals surface area contributed by atoms with E-state index in [1.54, 1.807) is 60.7 Å². The average Bonchev–Trinajstić information content (AvgIpc) is 2.91. The van der Waals surface area contributed by atoms with Gasteiger partial charge >= 0.3 is 11.9 Å². The second-order valence-electron chi connectivity index (χ2n) is 8.68. The molecule has 37 heavy (non-hydrogen) atoms. The summed E-state index contributed by atoms with van der Waals surface area (Å²) in [5.74, 6) is 0.429. The van der Waals surface area contributed by atoms with Crippen molar-refractivity contribution in [1.29, 1.82) is 0 Å². The number of ether oxygens (including phenoxy) is 3. The van der Waals surface area contributed by atoms with Gasteiger partial charge in [0.1, 0.15) is 23.9 Å². The SMILES string of the molecule is Cc1ccc(C(=O)Oc2ccc(OC(=O)c3ccc(OCC[n+]4ccc(N(C)C)cc4)cc3)cc2)cc1. The summed E-state index contributed by atoms with van der Waals surface area (Å²) in [7, 11) is 4.01. The fourth-order valence-electron chi connectivity index (χ4n) is 3.45. The highest BCUT2D eigenvalue weighted by Crippen LogP contribution is 2.21. The van der Waals surface area contributed by atoms with Gasteiger partial charge in [0, 0.05) is 31.9 Å². The zero-order chi connectivity index (χ0) is 26.2. The van der Waals surface area contributed by atoms with Gasteiger partial charge in [0.2, 0.25) is 0 Å². The van der Waals surface area contributed by atoms with E-state index in [4.69, 9.17) is 14.2 Å². The van der Waals surface area contributed by atoms with E-state index in [1.165, 1.54) is 0 Å². The quantitative estimate of drug-likeness (QED) is 0.187. The van der Waals surface area contributed by atoms with Crippen molar-refractivity contribution < 1.29 is 28.4 Å². The lowest BCUT2D eigenvalue weighted by Crippen LogP contribution is -2.35. The molecule has 0 radical (unpaired) electrons. The predicted octanol–water partition coefficient (Wildman–Crippen LogP) is 4.87. The highest BCUT2D eigenvalue weighted by Gasteiger charge is 2.11. The van der Waals surface area contributed by atoms with Crippen LogP contribution in [0.4, 0.5) is 5.69 Å². The van der Waals surface area contributed by atoms with E-state index in [0.717, 1.165) is 11.3 Å². The smallest absolute Gasteiger partial charge is 0.343 e. The van der Waals surface area contributed by atoms with Crippen LogP contribution in [0.3, 0.4) is 0 Å². The lowest BCUT2D eigenvalue weighted by Gasteiger charge is -2.10. The number of nitrogens with zero attached hydrogens (tertiary/aromatic N) is 2. The molecule has 4 aromatic rings.